The summed E-state index contributed by atoms with van der Waals surface area (Å²) in [7, 11) is 0. The maximum Gasteiger partial charge on any atom is 0.262 e. The number of hydrogen-bond donors (Lipinski definition) is 3. The molecule has 5 nitrogen and oxygen atoms in total. The molecule has 0 aliphatic carbocycles. The summed E-state index contributed by atoms with van der Waals surface area (Å²) in [6.45, 7) is 0.191. The van der Waals surface area contributed by atoms with Crippen molar-refractivity contribution in [1.82, 2.24) is 0 Å². The summed E-state index contributed by atoms with van der Waals surface area (Å²) >= 11 is 0. The van der Waals surface area contributed by atoms with E-state index in [0.717, 1.165) is 11.1 Å². The molecule has 0 atom stereocenters. The highest BCUT2D eigenvalue weighted by Crippen LogP contribution is 2.15. The van der Waals surface area contributed by atoms with Crippen LogP contribution in [0.4, 0.5) is 5.69 Å². The van der Waals surface area contributed by atoms with Crippen molar-refractivity contribution in [2.45, 2.75) is 13.2 Å². The van der Waals surface area contributed by atoms with Gasteiger partial charge in [0, 0.05) is 12.2 Å². The van der Waals surface area contributed by atoms with E-state index in [9.17, 15) is 4.79 Å². The van der Waals surface area contributed by atoms with Gasteiger partial charge in [-0.3, -0.25) is 4.79 Å². The first kappa shape index (κ1) is 15.0. The van der Waals surface area contributed by atoms with Gasteiger partial charge in [-0.05, 0) is 29.3 Å². The number of hydrogen-bond acceptors (Lipinski definition) is 4. The lowest BCUT2D eigenvalue weighted by atomic mass is 10.2. The molecule has 4 N–H and O–H groups in total. The highest BCUT2D eigenvalue weighted by Gasteiger charge is 2.06. The Labute approximate surface area is 123 Å². The predicted octanol–water partition coefficient (Wildman–Crippen LogP) is 1.66. The third-order valence-corrected chi connectivity index (χ3v) is 2.96. The first-order valence-corrected chi connectivity index (χ1v) is 6.63. The smallest absolute Gasteiger partial charge is 0.262 e. The highest BCUT2D eigenvalue weighted by atomic mass is 16.5. The molecule has 21 heavy (non-hydrogen) atoms. The predicted molar refractivity (Wildman–Crippen MR) is 80.8 cm³/mol. The fourth-order valence-corrected chi connectivity index (χ4v) is 1.89. The number of benzene rings is 2. The molecule has 1 amide bonds. The molecule has 110 valence electrons. The van der Waals surface area contributed by atoms with Crippen molar-refractivity contribution < 1.29 is 14.6 Å². The van der Waals surface area contributed by atoms with Crippen LogP contribution in [0.3, 0.4) is 0 Å². The Morgan fingerprint density at radius 3 is 2.76 bits per heavy atom. The molecule has 2 rings (SSSR count). The summed E-state index contributed by atoms with van der Waals surface area (Å²) in [4.78, 5) is 11.9. The van der Waals surface area contributed by atoms with Crippen molar-refractivity contribution in [3.63, 3.8) is 0 Å². The third kappa shape index (κ3) is 4.30. The van der Waals surface area contributed by atoms with Crippen LogP contribution in [0.25, 0.3) is 0 Å². The molecule has 0 aliphatic heterocycles. The Hall–Kier alpha value is -2.37. The normalized spacial score (nSPS) is 10.2. The summed E-state index contributed by atoms with van der Waals surface area (Å²) < 4.78 is 5.40. The highest BCUT2D eigenvalue weighted by molar-refractivity contribution is 5.92. The van der Waals surface area contributed by atoms with E-state index in [0.29, 0.717) is 18.0 Å². The number of ether oxygens (including phenoxy) is 1. The Morgan fingerprint density at radius 2 is 2.00 bits per heavy atom. The summed E-state index contributed by atoms with van der Waals surface area (Å²) in [5.41, 5.74) is 7.92. The van der Waals surface area contributed by atoms with E-state index in [1.54, 1.807) is 30.3 Å². The van der Waals surface area contributed by atoms with E-state index in [4.69, 9.17) is 15.6 Å². The van der Waals surface area contributed by atoms with Gasteiger partial charge in [-0.25, -0.2) is 0 Å². The maximum absolute atomic E-state index is 11.9. The van der Waals surface area contributed by atoms with Gasteiger partial charge in [0.2, 0.25) is 0 Å². The second-order valence-electron chi connectivity index (χ2n) is 4.50. The number of rotatable bonds is 6. The van der Waals surface area contributed by atoms with Crippen molar-refractivity contribution in [2.75, 3.05) is 11.9 Å². The number of nitrogens with one attached hydrogen (secondary N) is 1. The summed E-state index contributed by atoms with van der Waals surface area (Å²) in [6.07, 6.45) is 0. The van der Waals surface area contributed by atoms with E-state index < -0.39 is 0 Å². The van der Waals surface area contributed by atoms with Gasteiger partial charge in [0.15, 0.2) is 6.61 Å². The molecular weight excluding hydrogens is 268 g/mol. The quantitative estimate of drug-likeness (QED) is 0.754. The van der Waals surface area contributed by atoms with Crippen LogP contribution in [0.15, 0.2) is 48.5 Å². The number of nitrogens with two attached hydrogens (primary N) is 1. The minimum Gasteiger partial charge on any atom is -0.484 e. The first-order chi connectivity index (χ1) is 10.2. The molecule has 0 unspecified atom stereocenters. The molecule has 5 heteroatoms. The number of para-hydroxylation sites is 1. The standard InChI is InChI=1S/C16H18N2O3/c17-9-13-5-1-2-7-15(13)18-16(20)11-21-14-6-3-4-12(8-14)10-19/h1-8,19H,9-11,17H2,(H,18,20). The van der Waals surface area contributed by atoms with Crippen LogP contribution in [-0.4, -0.2) is 17.6 Å². The van der Waals surface area contributed by atoms with Crippen LogP contribution in [0, 0.1) is 0 Å². The molecule has 0 radical (unpaired) electrons. The Balaban J connectivity index is 1.92. The van der Waals surface area contributed by atoms with E-state index >= 15 is 0 Å². The van der Waals surface area contributed by atoms with Crippen molar-refractivity contribution in [3.05, 3.63) is 59.7 Å². The monoisotopic (exact) mass is 286 g/mol. The second-order valence-corrected chi connectivity index (χ2v) is 4.50. The molecular formula is C16H18N2O3. The Bertz CT molecular complexity index is 614. The lowest BCUT2D eigenvalue weighted by molar-refractivity contribution is -0.118. The zero-order valence-corrected chi connectivity index (χ0v) is 11.6. The van der Waals surface area contributed by atoms with Gasteiger partial charge >= 0.3 is 0 Å². The number of anilines is 1. The minimum absolute atomic E-state index is 0.0622. The number of carbonyl (C=O) groups excluding carboxylic acids is 1. The topological polar surface area (TPSA) is 84.6 Å². The number of aliphatic hydroxyl groups excluding tert-OH is 1. The molecule has 0 bridgehead atoms. The van der Waals surface area contributed by atoms with E-state index in [1.807, 2.05) is 18.2 Å². The van der Waals surface area contributed by atoms with Crippen LogP contribution in [0.1, 0.15) is 11.1 Å². The summed E-state index contributed by atoms with van der Waals surface area (Å²) in [5, 5.41) is 11.8. The zero-order valence-electron chi connectivity index (χ0n) is 11.6. The number of aliphatic hydroxyl groups is 1. The van der Waals surface area contributed by atoms with E-state index in [2.05, 4.69) is 5.32 Å². The van der Waals surface area contributed by atoms with Gasteiger partial charge in [0.25, 0.3) is 5.91 Å². The van der Waals surface area contributed by atoms with Gasteiger partial charge in [-0.1, -0.05) is 30.3 Å². The third-order valence-electron chi connectivity index (χ3n) is 2.96. The molecule has 0 aliphatic rings. The first-order valence-electron chi connectivity index (χ1n) is 6.63. The van der Waals surface area contributed by atoms with E-state index in [-0.39, 0.29) is 19.1 Å². The second kappa shape index (κ2) is 7.42. The summed E-state index contributed by atoms with van der Waals surface area (Å²) in [5.74, 6) is 0.286. The van der Waals surface area contributed by atoms with Crippen molar-refractivity contribution in [2.24, 2.45) is 5.73 Å². The molecule has 0 saturated carbocycles. The fraction of sp³-hybridized carbons (Fsp3) is 0.188. The van der Waals surface area contributed by atoms with Gasteiger partial charge < -0.3 is 20.9 Å². The van der Waals surface area contributed by atoms with Crippen molar-refractivity contribution >= 4 is 11.6 Å². The van der Waals surface area contributed by atoms with Crippen LogP contribution >= 0.6 is 0 Å². The average Bonchev–Trinajstić information content (AvgIpc) is 2.53. The number of carbonyl (C=O) groups is 1. The lowest BCUT2D eigenvalue weighted by Gasteiger charge is -2.11. The van der Waals surface area contributed by atoms with E-state index in [1.165, 1.54) is 0 Å². The molecule has 0 spiro atoms. The molecule has 0 heterocycles. The van der Waals surface area contributed by atoms with Crippen LogP contribution in [0.5, 0.6) is 5.75 Å². The van der Waals surface area contributed by atoms with Gasteiger partial charge in [0.05, 0.1) is 6.61 Å². The molecule has 2 aromatic rings. The Kier molecular flexibility index (Phi) is 5.31. The molecule has 2 aromatic carbocycles. The lowest BCUT2D eigenvalue weighted by Crippen LogP contribution is -2.21. The molecule has 0 aromatic heterocycles. The fourth-order valence-electron chi connectivity index (χ4n) is 1.89. The van der Waals surface area contributed by atoms with Gasteiger partial charge in [-0.2, -0.15) is 0 Å². The Morgan fingerprint density at radius 1 is 1.19 bits per heavy atom. The number of amides is 1. The largest absolute Gasteiger partial charge is 0.484 e. The van der Waals surface area contributed by atoms with Crippen molar-refractivity contribution in [1.29, 1.82) is 0 Å². The summed E-state index contributed by atoms with van der Waals surface area (Å²) in [6, 6.07) is 14.3. The molecule has 0 fully saturated rings. The SMILES string of the molecule is NCc1ccccc1NC(=O)COc1cccc(CO)c1. The zero-order chi connectivity index (χ0) is 15.1. The van der Waals surface area contributed by atoms with Gasteiger partial charge in [-0.15, -0.1) is 0 Å². The van der Waals surface area contributed by atoms with Gasteiger partial charge in [0.1, 0.15) is 5.75 Å². The van der Waals surface area contributed by atoms with Crippen LogP contribution in [-0.2, 0) is 17.9 Å². The molecule has 0 saturated heterocycles. The van der Waals surface area contributed by atoms with Crippen molar-refractivity contribution in [3.8, 4) is 5.75 Å². The maximum atomic E-state index is 11.9. The van der Waals surface area contributed by atoms with Crippen LogP contribution < -0.4 is 15.8 Å². The van der Waals surface area contributed by atoms with Crippen LogP contribution in [0.2, 0.25) is 0 Å². The average molecular weight is 286 g/mol. The minimum atomic E-state index is -0.259.